The van der Waals surface area contributed by atoms with Crippen molar-refractivity contribution in [3.63, 3.8) is 0 Å². The van der Waals surface area contributed by atoms with Gasteiger partial charge in [-0.05, 0) is 12.1 Å². The maximum absolute atomic E-state index is 12.7. The summed E-state index contributed by atoms with van der Waals surface area (Å²) in [7, 11) is 0. The molecule has 0 bridgehead atoms. The highest BCUT2D eigenvalue weighted by molar-refractivity contribution is 9.10. The number of nitriles is 1. The highest BCUT2D eigenvalue weighted by Crippen LogP contribution is 2.24. The summed E-state index contributed by atoms with van der Waals surface area (Å²) < 4.78 is 13.2. The lowest BCUT2D eigenvalue weighted by atomic mass is 10.2. The highest BCUT2D eigenvalue weighted by atomic mass is 79.9. The summed E-state index contributed by atoms with van der Waals surface area (Å²) in [6, 6.07) is 4.10. The number of phenols is 1. The molecule has 0 saturated carbocycles. The molecule has 0 aromatic heterocycles. The molecule has 11 heavy (non-hydrogen) atoms. The van der Waals surface area contributed by atoms with Crippen molar-refractivity contribution in [3.8, 4) is 11.8 Å². The molecule has 4 heteroatoms. The summed E-state index contributed by atoms with van der Waals surface area (Å²) in [5.74, 6) is -1.40. The lowest BCUT2D eigenvalue weighted by molar-refractivity contribution is 0.431. The quantitative estimate of drug-likeness (QED) is 0.722. The van der Waals surface area contributed by atoms with E-state index in [9.17, 15) is 4.39 Å². The lowest BCUT2D eigenvalue weighted by Gasteiger charge is -1.97. The molecule has 0 unspecified atom stereocenters. The van der Waals surface area contributed by atoms with Gasteiger partial charge in [0.05, 0.1) is 5.56 Å². The zero-order valence-electron chi connectivity index (χ0n) is 5.31. The van der Waals surface area contributed by atoms with Crippen molar-refractivity contribution >= 4 is 15.9 Å². The third kappa shape index (κ3) is 1.49. The third-order valence-electron chi connectivity index (χ3n) is 1.14. The monoisotopic (exact) mass is 215 g/mol. The van der Waals surface area contributed by atoms with E-state index in [1.54, 1.807) is 6.07 Å². The number of nitrogens with zero attached hydrogens (tertiary/aromatic N) is 1. The second-order valence-electron chi connectivity index (χ2n) is 1.90. The van der Waals surface area contributed by atoms with Gasteiger partial charge in [0, 0.05) is 4.47 Å². The van der Waals surface area contributed by atoms with Crippen molar-refractivity contribution in [3.05, 3.63) is 28.0 Å². The fourth-order valence-electron chi connectivity index (χ4n) is 0.656. The third-order valence-corrected chi connectivity index (χ3v) is 1.60. The van der Waals surface area contributed by atoms with Gasteiger partial charge in [-0.25, -0.2) is 4.39 Å². The molecule has 1 aromatic carbocycles. The Balaban J connectivity index is 3.39. The molecule has 2 nitrogen and oxygen atoms in total. The van der Waals surface area contributed by atoms with Crippen molar-refractivity contribution in [2.75, 3.05) is 0 Å². The molecule has 0 saturated heterocycles. The molecule has 0 atom stereocenters. The van der Waals surface area contributed by atoms with Crippen LogP contribution in [0.15, 0.2) is 16.6 Å². The largest absolute Gasteiger partial charge is 0.505 e. The van der Waals surface area contributed by atoms with Gasteiger partial charge in [-0.3, -0.25) is 0 Å². The minimum absolute atomic E-state index is 0.170. The first-order valence-corrected chi connectivity index (χ1v) is 3.52. The Kier molecular flexibility index (Phi) is 2.11. The predicted molar refractivity (Wildman–Crippen MR) is 40.5 cm³/mol. The van der Waals surface area contributed by atoms with Crippen LogP contribution in [0.3, 0.4) is 0 Å². The Labute approximate surface area is 71.0 Å². The first-order valence-electron chi connectivity index (χ1n) is 2.73. The average Bonchev–Trinajstić information content (AvgIpc) is 1.96. The van der Waals surface area contributed by atoms with Crippen LogP contribution >= 0.6 is 15.9 Å². The average molecular weight is 216 g/mol. The Bertz CT molecular complexity index is 332. The Morgan fingerprint density at radius 1 is 1.55 bits per heavy atom. The Morgan fingerprint density at radius 3 is 2.73 bits per heavy atom. The maximum Gasteiger partial charge on any atom is 0.182 e. The number of benzene rings is 1. The SMILES string of the molecule is N#Cc1cc(Br)cc(O)c1F. The molecule has 0 amide bonds. The predicted octanol–water partition coefficient (Wildman–Crippen LogP) is 2.17. The minimum Gasteiger partial charge on any atom is -0.505 e. The molecule has 0 radical (unpaired) electrons. The standard InChI is InChI=1S/C7H3BrFNO/c8-5-1-4(3-10)7(9)6(11)2-5/h1-2,11H. The number of rotatable bonds is 0. The van der Waals surface area contributed by atoms with Crippen LogP contribution in [0.2, 0.25) is 0 Å². The molecule has 1 rings (SSSR count). The zero-order chi connectivity index (χ0) is 8.43. The minimum atomic E-state index is -0.879. The highest BCUT2D eigenvalue weighted by Gasteiger charge is 2.07. The van der Waals surface area contributed by atoms with Crippen LogP contribution in [0.4, 0.5) is 4.39 Å². The number of hydrogen-bond acceptors (Lipinski definition) is 2. The molecule has 1 N–H and O–H groups in total. The van der Waals surface area contributed by atoms with E-state index in [1.165, 1.54) is 12.1 Å². The van der Waals surface area contributed by atoms with E-state index in [2.05, 4.69) is 15.9 Å². The molecular formula is C7H3BrFNO. The number of hydrogen-bond donors (Lipinski definition) is 1. The van der Waals surface area contributed by atoms with Crippen LogP contribution in [0.25, 0.3) is 0 Å². The van der Waals surface area contributed by atoms with Gasteiger partial charge in [-0.2, -0.15) is 5.26 Å². The molecule has 0 aliphatic rings. The molecule has 0 fully saturated rings. The van der Waals surface area contributed by atoms with Gasteiger partial charge in [-0.15, -0.1) is 0 Å². The van der Waals surface area contributed by atoms with Crippen molar-refractivity contribution in [1.82, 2.24) is 0 Å². The van der Waals surface area contributed by atoms with Gasteiger partial charge in [0.15, 0.2) is 11.6 Å². The topological polar surface area (TPSA) is 44.0 Å². The fraction of sp³-hybridized carbons (Fsp3) is 0. The van der Waals surface area contributed by atoms with Crippen LogP contribution in [-0.4, -0.2) is 5.11 Å². The summed E-state index contributed by atoms with van der Waals surface area (Å²) >= 11 is 3.01. The summed E-state index contributed by atoms with van der Waals surface area (Å²) in [4.78, 5) is 0. The summed E-state index contributed by atoms with van der Waals surface area (Å²) in [6.45, 7) is 0. The summed E-state index contributed by atoms with van der Waals surface area (Å²) in [6.07, 6.45) is 0. The van der Waals surface area contributed by atoms with E-state index in [1.807, 2.05) is 0 Å². The first-order chi connectivity index (χ1) is 5.15. The van der Waals surface area contributed by atoms with Crippen molar-refractivity contribution in [1.29, 1.82) is 5.26 Å². The van der Waals surface area contributed by atoms with E-state index >= 15 is 0 Å². The van der Waals surface area contributed by atoms with Gasteiger partial charge in [-0.1, -0.05) is 15.9 Å². The van der Waals surface area contributed by atoms with Crippen LogP contribution < -0.4 is 0 Å². The molecule has 0 spiro atoms. The molecule has 56 valence electrons. The normalized spacial score (nSPS) is 9.18. The maximum atomic E-state index is 12.7. The number of halogens is 2. The molecule has 0 heterocycles. The van der Waals surface area contributed by atoms with Gasteiger partial charge in [0.2, 0.25) is 0 Å². The van der Waals surface area contributed by atoms with E-state index in [0.717, 1.165) is 0 Å². The van der Waals surface area contributed by atoms with E-state index in [0.29, 0.717) is 4.47 Å². The number of phenolic OH excluding ortho intramolecular Hbond substituents is 1. The lowest BCUT2D eigenvalue weighted by Crippen LogP contribution is -1.83. The van der Waals surface area contributed by atoms with Gasteiger partial charge in [0.1, 0.15) is 6.07 Å². The number of aromatic hydroxyl groups is 1. The van der Waals surface area contributed by atoms with Crippen molar-refractivity contribution in [2.45, 2.75) is 0 Å². The molecule has 0 aliphatic heterocycles. The van der Waals surface area contributed by atoms with E-state index in [-0.39, 0.29) is 5.56 Å². The van der Waals surface area contributed by atoms with E-state index < -0.39 is 11.6 Å². The first kappa shape index (κ1) is 8.02. The van der Waals surface area contributed by atoms with Crippen LogP contribution in [-0.2, 0) is 0 Å². The van der Waals surface area contributed by atoms with E-state index in [4.69, 9.17) is 10.4 Å². The van der Waals surface area contributed by atoms with Crippen LogP contribution in [0.5, 0.6) is 5.75 Å². The van der Waals surface area contributed by atoms with Gasteiger partial charge in [0.25, 0.3) is 0 Å². The molecule has 1 aromatic rings. The van der Waals surface area contributed by atoms with Crippen LogP contribution in [0.1, 0.15) is 5.56 Å². The van der Waals surface area contributed by atoms with Gasteiger partial charge < -0.3 is 5.11 Å². The zero-order valence-corrected chi connectivity index (χ0v) is 6.89. The smallest absolute Gasteiger partial charge is 0.182 e. The molecule has 0 aliphatic carbocycles. The van der Waals surface area contributed by atoms with Gasteiger partial charge >= 0.3 is 0 Å². The van der Waals surface area contributed by atoms with Crippen molar-refractivity contribution < 1.29 is 9.50 Å². The second kappa shape index (κ2) is 2.89. The van der Waals surface area contributed by atoms with Crippen LogP contribution in [0, 0.1) is 17.1 Å². The summed E-state index contributed by atoms with van der Waals surface area (Å²) in [5.41, 5.74) is -0.170. The summed E-state index contributed by atoms with van der Waals surface area (Å²) in [5, 5.41) is 17.2. The molecular weight excluding hydrogens is 213 g/mol. The fourth-order valence-corrected chi connectivity index (χ4v) is 1.10. The Morgan fingerprint density at radius 2 is 2.18 bits per heavy atom. The second-order valence-corrected chi connectivity index (χ2v) is 2.81. The Hall–Kier alpha value is -1.08. The van der Waals surface area contributed by atoms with Crippen molar-refractivity contribution in [2.24, 2.45) is 0 Å².